The van der Waals surface area contributed by atoms with Gasteiger partial charge in [-0.1, -0.05) is 0 Å². The average molecular weight is 429 g/mol. The number of anilines is 1. The summed E-state index contributed by atoms with van der Waals surface area (Å²) in [6.45, 7) is 2.34. The lowest BCUT2D eigenvalue weighted by atomic mass is 9.87. The lowest BCUT2D eigenvalue weighted by Gasteiger charge is -2.27. The quantitative estimate of drug-likeness (QED) is 0.615. The number of aromatic nitrogens is 4. The summed E-state index contributed by atoms with van der Waals surface area (Å²) in [5, 5.41) is 6.97. The summed E-state index contributed by atoms with van der Waals surface area (Å²) in [4.78, 5) is 7.86. The first-order valence-corrected chi connectivity index (χ1v) is 9.19. The first-order valence-electron chi connectivity index (χ1n) is 9.19. The largest absolute Gasteiger partial charge is 0.419 e. The van der Waals surface area contributed by atoms with E-state index in [1.807, 2.05) is 0 Å². The Labute approximate surface area is 167 Å². The molecule has 1 aromatic carbocycles. The molecule has 4 rings (SSSR count). The fourth-order valence-corrected chi connectivity index (χ4v) is 3.60. The molecule has 0 fully saturated rings. The van der Waals surface area contributed by atoms with Gasteiger partial charge in [0.05, 0.1) is 5.56 Å². The lowest BCUT2D eigenvalue weighted by Crippen LogP contribution is -2.29. The van der Waals surface area contributed by atoms with Crippen molar-refractivity contribution in [2.45, 2.75) is 51.3 Å². The zero-order valence-electron chi connectivity index (χ0n) is 16.0. The first kappa shape index (κ1) is 20.4. The van der Waals surface area contributed by atoms with Gasteiger partial charge in [0, 0.05) is 24.7 Å². The Hall–Kier alpha value is -2.85. The van der Waals surface area contributed by atoms with Crippen LogP contribution < -0.4 is 5.32 Å². The molecule has 30 heavy (non-hydrogen) atoms. The third-order valence-electron chi connectivity index (χ3n) is 5.01. The summed E-state index contributed by atoms with van der Waals surface area (Å²) >= 11 is 0. The number of rotatable bonds is 3. The van der Waals surface area contributed by atoms with Crippen molar-refractivity contribution in [3.8, 4) is 0 Å². The van der Waals surface area contributed by atoms with E-state index in [2.05, 4.69) is 20.4 Å². The minimum absolute atomic E-state index is 0.00772. The number of hydrogen-bond acceptors (Lipinski definition) is 4. The molecular formula is C19H17F6N5. The highest BCUT2D eigenvalue weighted by Crippen LogP contribution is 2.35. The second kappa shape index (κ2) is 6.85. The van der Waals surface area contributed by atoms with Crippen LogP contribution in [0.25, 0.3) is 5.78 Å². The van der Waals surface area contributed by atoms with Crippen molar-refractivity contribution in [3.63, 3.8) is 0 Å². The SMILES string of the molecule is Cc1cc(NC2CCc3cc(F)c(C(F)(F)F)cc3C2)n2nc(C(C)(F)F)nc2n1. The molecule has 1 N–H and O–H groups in total. The standard InChI is InChI=1S/C19H17F6N5/c1-9-5-15(30-17(26-9)28-16(29-30)18(2,21)22)27-12-4-3-10-8-14(20)13(19(23,24)25)7-11(10)6-12/h5,7-8,12,27H,3-4,6H2,1-2H3. The Morgan fingerprint density at radius 2 is 1.80 bits per heavy atom. The van der Waals surface area contributed by atoms with Crippen LogP contribution in [0.2, 0.25) is 0 Å². The Balaban J connectivity index is 1.65. The maximum absolute atomic E-state index is 13.8. The number of aryl methyl sites for hydroxylation is 2. The van der Waals surface area contributed by atoms with E-state index in [0.717, 1.165) is 16.6 Å². The van der Waals surface area contributed by atoms with Crippen LogP contribution in [0.5, 0.6) is 0 Å². The minimum atomic E-state index is -4.78. The predicted octanol–water partition coefficient (Wildman–Crippen LogP) is 4.67. The molecule has 5 nitrogen and oxygen atoms in total. The van der Waals surface area contributed by atoms with Gasteiger partial charge in [0.2, 0.25) is 5.82 Å². The fraction of sp³-hybridized carbons (Fsp3) is 0.421. The molecule has 11 heteroatoms. The minimum Gasteiger partial charge on any atom is -0.367 e. The van der Waals surface area contributed by atoms with Crippen LogP contribution in [0.15, 0.2) is 18.2 Å². The number of benzene rings is 1. The third kappa shape index (κ3) is 3.80. The van der Waals surface area contributed by atoms with Gasteiger partial charge in [0.25, 0.3) is 5.78 Å². The highest BCUT2D eigenvalue weighted by Gasteiger charge is 2.36. The smallest absolute Gasteiger partial charge is 0.367 e. The molecular weight excluding hydrogens is 412 g/mol. The average Bonchev–Trinajstić information content (AvgIpc) is 3.05. The van der Waals surface area contributed by atoms with Gasteiger partial charge < -0.3 is 5.32 Å². The van der Waals surface area contributed by atoms with E-state index in [1.165, 1.54) is 0 Å². The van der Waals surface area contributed by atoms with Gasteiger partial charge in [-0.2, -0.15) is 31.5 Å². The Kier molecular flexibility index (Phi) is 4.66. The third-order valence-corrected chi connectivity index (χ3v) is 5.01. The van der Waals surface area contributed by atoms with E-state index in [-0.39, 0.29) is 18.2 Å². The van der Waals surface area contributed by atoms with Crippen LogP contribution in [-0.4, -0.2) is 25.6 Å². The van der Waals surface area contributed by atoms with Gasteiger partial charge in [0.15, 0.2) is 0 Å². The topological polar surface area (TPSA) is 55.1 Å². The van der Waals surface area contributed by atoms with E-state index < -0.39 is 29.3 Å². The molecule has 0 saturated heterocycles. The molecule has 3 aromatic rings. The van der Waals surface area contributed by atoms with E-state index in [0.29, 0.717) is 42.4 Å². The number of hydrogen-bond donors (Lipinski definition) is 1. The molecule has 0 saturated carbocycles. The highest BCUT2D eigenvalue weighted by atomic mass is 19.4. The van der Waals surface area contributed by atoms with E-state index in [4.69, 9.17) is 0 Å². The Morgan fingerprint density at radius 3 is 2.47 bits per heavy atom. The molecule has 1 unspecified atom stereocenters. The molecule has 0 spiro atoms. The van der Waals surface area contributed by atoms with E-state index in [9.17, 15) is 26.3 Å². The molecule has 0 radical (unpaired) electrons. The van der Waals surface area contributed by atoms with Crippen LogP contribution >= 0.6 is 0 Å². The highest BCUT2D eigenvalue weighted by molar-refractivity contribution is 5.47. The van der Waals surface area contributed by atoms with Gasteiger partial charge in [-0.15, -0.1) is 5.10 Å². The lowest BCUT2D eigenvalue weighted by molar-refractivity contribution is -0.140. The molecule has 0 aliphatic heterocycles. The first-order chi connectivity index (χ1) is 13.9. The van der Waals surface area contributed by atoms with Crippen molar-refractivity contribution < 1.29 is 26.3 Å². The molecule has 0 bridgehead atoms. The summed E-state index contributed by atoms with van der Waals surface area (Å²) in [5.41, 5.74) is 0.147. The number of halogens is 6. The molecule has 0 amide bonds. The molecule has 1 atom stereocenters. The van der Waals surface area contributed by atoms with Crippen molar-refractivity contribution in [3.05, 3.63) is 52.2 Å². The van der Waals surface area contributed by atoms with Crippen molar-refractivity contribution in [2.75, 3.05) is 5.32 Å². The normalized spacial score (nSPS) is 17.3. The van der Waals surface area contributed by atoms with Gasteiger partial charge in [-0.25, -0.2) is 9.37 Å². The zero-order chi connectivity index (χ0) is 21.8. The number of fused-ring (bicyclic) bond motifs is 2. The maximum Gasteiger partial charge on any atom is 0.419 e. The predicted molar refractivity (Wildman–Crippen MR) is 95.9 cm³/mol. The summed E-state index contributed by atoms with van der Waals surface area (Å²) in [6, 6.07) is 3.08. The van der Waals surface area contributed by atoms with Crippen molar-refractivity contribution in [1.82, 2.24) is 19.6 Å². The van der Waals surface area contributed by atoms with Gasteiger partial charge >= 0.3 is 12.1 Å². The Bertz CT molecular complexity index is 1120. The number of alkyl halides is 5. The van der Waals surface area contributed by atoms with Crippen molar-refractivity contribution >= 4 is 11.6 Å². The van der Waals surface area contributed by atoms with E-state index >= 15 is 0 Å². The van der Waals surface area contributed by atoms with Crippen LogP contribution in [0.3, 0.4) is 0 Å². The van der Waals surface area contributed by atoms with Gasteiger partial charge in [-0.05, 0) is 49.4 Å². The van der Waals surface area contributed by atoms with Crippen molar-refractivity contribution in [1.29, 1.82) is 0 Å². The second-order valence-electron chi connectivity index (χ2n) is 7.50. The summed E-state index contributed by atoms with van der Waals surface area (Å²) < 4.78 is 81.3. The molecule has 2 heterocycles. The number of nitrogens with zero attached hydrogens (tertiary/aromatic N) is 4. The summed E-state index contributed by atoms with van der Waals surface area (Å²) in [6.07, 6.45) is -3.67. The molecule has 1 aliphatic rings. The van der Waals surface area contributed by atoms with Crippen LogP contribution in [0, 0.1) is 12.7 Å². The number of nitrogens with one attached hydrogen (secondary N) is 1. The van der Waals surface area contributed by atoms with Gasteiger partial charge in [0.1, 0.15) is 11.6 Å². The van der Waals surface area contributed by atoms with Crippen LogP contribution in [0.4, 0.5) is 32.2 Å². The molecule has 2 aromatic heterocycles. The molecule has 1 aliphatic carbocycles. The summed E-state index contributed by atoms with van der Waals surface area (Å²) in [5.74, 6) is -4.86. The maximum atomic E-state index is 13.8. The van der Waals surface area contributed by atoms with Crippen molar-refractivity contribution in [2.24, 2.45) is 0 Å². The summed E-state index contributed by atoms with van der Waals surface area (Å²) in [7, 11) is 0. The van der Waals surface area contributed by atoms with Gasteiger partial charge in [-0.3, -0.25) is 0 Å². The van der Waals surface area contributed by atoms with Crippen LogP contribution in [-0.2, 0) is 24.9 Å². The second-order valence-corrected chi connectivity index (χ2v) is 7.50. The Morgan fingerprint density at radius 1 is 1.07 bits per heavy atom. The van der Waals surface area contributed by atoms with E-state index in [1.54, 1.807) is 13.0 Å². The zero-order valence-corrected chi connectivity index (χ0v) is 16.0. The van der Waals surface area contributed by atoms with Crippen LogP contribution in [0.1, 0.15) is 41.6 Å². The monoisotopic (exact) mass is 429 g/mol. The molecule has 160 valence electrons. The fourth-order valence-electron chi connectivity index (χ4n) is 3.60.